The zero-order chi connectivity index (χ0) is 73.2. The number of rotatable bonds is 64. The number of carboxylic acids is 1. The molecule has 3 aliphatic heterocycles. The van der Waals surface area contributed by atoms with Crippen molar-refractivity contribution >= 4 is 17.8 Å². The van der Waals surface area contributed by atoms with Crippen molar-refractivity contribution in [3.8, 4) is 0 Å². The zero-order valence-corrected chi connectivity index (χ0v) is 62.3. The van der Waals surface area contributed by atoms with E-state index in [4.69, 9.17) is 28.4 Å². The highest BCUT2D eigenvalue weighted by Crippen LogP contribution is 2.39. The third-order valence-electron chi connectivity index (χ3n) is 20.8. The quantitative estimate of drug-likeness (QED) is 0.0252. The van der Waals surface area contributed by atoms with Gasteiger partial charge >= 0.3 is 5.97 Å². The van der Waals surface area contributed by atoms with E-state index >= 15 is 0 Å². The van der Waals surface area contributed by atoms with Gasteiger partial charge in [-0.15, -0.1) is 0 Å². The number of carbonyl (C=O) groups is 3. The van der Waals surface area contributed by atoms with Crippen molar-refractivity contribution in [3.05, 3.63) is 0 Å². The molecule has 14 N–H and O–H groups in total. The van der Waals surface area contributed by atoms with Crippen LogP contribution in [0.5, 0.6) is 0 Å². The van der Waals surface area contributed by atoms with Crippen LogP contribution >= 0.6 is 0 Å². The fourth-order valence-electron chi connectivity index (χ4n) is 14.4. The fourth-order valence-corrected chi connectivity index (χ4v) is 14.4. The molecule has 23 nitrogen and oxygen atoms in total. The number of carbonyl (C=O) groups excluding carboxylic acids is 2. The van der Waals surface area contributed by atoms with Crippen LogP contribution in [0.2, 0.25) is 0 Å². The molecule has 3 heterocycles. The Balaban J connectivity index is 1.52. The zero-order valence-electron chi connectivity index (χ0n) is 62.3. The number of amides is 2. The molecular weight excluding hydrogens is 1290 g/mol. The van der Waals surface area contributed by atoms with Gasteiger partial charge in [-0.1, -0.05) is 303 Å². The number of unbranched alkanes of at least 4 members (excludes halogenated alkanes) is 44. The molecule has 18 unspecified atom stereocenters. The van der Waals surface area contributed by atoms with Gasteiger partial charge < -0.3 is 100 Å². The normalized spacial score (nSPS) is 26.9. The summed E-state index contributed by atoms with van der Waals surface area (Å²) in [5.41, 5.74) is 0. The molecule has 100 heavy (non-hydrogen) atoms. The summed E-state index contributed by atoms with van der Waals surface area (Å²) in [7, 11) is 0. The number of hydrogen-bond acceptors (Lipinski definition) is 20. The maximum atomic E-state index is 13.6. The molecule has 3 aliphatic rings. The number of hydrogen-bond donors (Lipinski definition) is 14. The number of aliphatic carboxylic acids is 1. The SMILES string of the molecule is CCCCCCCCCCCCCCCCCCCCCCCCCC(=O)NC(COC1OC(CO)C(OC2OC(CO)C(O)C(OC3(C(=O)O)CC(O)C(NC(C)=O)C(C(O)C(O)CO)O3)C2O)C(O)C1O)C(O)CCCCCCCCCCCCCCCCCCCCCCCCC. The van der Waals surface area contributed by atoms with E-state index in [-0.39, 0.29) is 18.9 Å². The molecule has 3 saturated heterocycles. The predicted molar refractivity (Wildman–Crippen MR) is 385 cm³/mol. The molecule has 590 valence electrons. The highest BCUT2D eigenvalue weighted by molar-refractivity contribution is 5.77. The molecule has 0 saturated carbocycles. The lowest BCUT2D eigenvalue weighted by Gasteiger charge is -2.50. The van der Waals surface area contributed by atoms with Gasteiger partial charge in [-0.25, -0.2) is 4.79 Å². The first kappa shape index (κ1) is 91.9. The molecule has 0 spiro atoms. The summed E-state index contributed by atoms with van der Waals surface area (Å²) in [6, 6.07) is -2.53. The van der Waals surface area contributed by atoms with Crippen LogP contribution in [0.3, 0.4) is 0 Å². The van der Waals surface area contributed by atoms with Crippen LogP contribution in [0.4, 0.5) is 0 Å². The largest absolute Gasteiger partial charge is 0.477 e. The Hall–Kier alpha value is -2.27. The standard InChI is InChI=1S/C77H146N2O21/c1-4-6-8-10-12-14-16-18-20-22-24-26-28-30-32-34-36-38-40-42-44-46-48-50-59(84)58(79-64(87)51-49-47-45-43-41-39-37-35-33-31-29-27-25-23-21-19-17-15-13-11-9-7-5-2)56-95-74-69(91)68(90)71(63(55-82)97-74)98-75-70(92)73(67(89)62(54-81)96-75)100-77(76(93)94)52-60(85)65(78-57(3)83)72(99-77)66(88)61(86)53-80/h58-63,65-75,80-82,84-86,88-92H,4-56H2,1-3H3,(H,78,83)(H,79,87)(H,93,94). The van der Waals surface area contributed by atoms with E-state index < -0.39 is 148 Å². The highest BCUT2D eigenvalue weighted by Gasteiger charge is 2.60. The maximum absolute atomic E-state index is 13.6. The number of aliphatic hydroxyl groups excluding tert-OH is 11. The summed E-state index contributed by atoms with van der Waals surface area (Å²) in [5.74, 6) is -6.09. The predicted octanol–water partition coefficient (Wildman–Crippen LogP) is 10.4. The van der Waals surface area contributed by atoms with Crippen molar-refractivity contribution in [2.45, 2.75) is 445 Å². The van der Waals surface area contributed by atoms with Gasteiger partial charge in [0.2, 0.25) is 11.8 Å². The third kappa shape index (κ3) is 37.3. The van der Waals surface area contributed by atoms with Crippen LogP contribution in [-0.2, 0) is 42.8 Å². The van der Waals surface area contributed by atoms with E-state index in [1.807, 2.05) is 0 Å². The molecule has 2 amide bonds. The van der Waals surface area contributed by atoms with Gasteiger partial charge in [-0.3, -0.25) is 9.59 Å². The van der Waals surface area contributed by atoms with Crippen molar-refractivity contribution in [1.29, 1.82) is 0 Å². The first-order valence-corrected chi connectivity index (χ1v) is 40.4. The van der Waals surface area contributed by atoms with Crippen molar-refractivity contribution in [2.24, 2.45) is 0 Å². The lowest BCUT2D eigenvalue weighted by atomic mass is 9.88. The molecule has 0 aliphatic carbocycles. The first-order valence-electron chi connectivity index (χ1n) is 40.4. The average molecular weight is 1440 g/mol. The molecule has 0 radical (unpaired) electrons. The smallest absolute Gasteiger partial charge is 0.364 e. The Morgan fingerprint density at radius 3 is 1.25 bits per heavy atom. The van der Waals surface area contributed by atoms with E-state index in [0.717, 1.165) is 51.9 Å². The summed E-state index contributed by atoms with van der Waals surface area (Å²) < 4.78 is 35.0. The highest BCUT2D eigenvalue weighted by atomic mass is 16.8. The van der Waals surface area contributed by atoms with E-state index in [0.29, 0.717) is 19.3 Å². The molecule has 23 heteroatoms. The van der Waals surface area contributed by atoms with Gasteiger partial charge in [-0.05, 0) is 12.8 Å². The monoisotopic (exact) mass is 1440 g/mol. The van der Waals surface area contributed by atoms with Crippen LogP contribution in [0, 0.1) is 0 Å². The van der Waals surface area contributed by atoms with E-state index in [2.05, 4.69) is 24.5 Å². The molecule has 0 aromatic rings. The molecule has 0 aromatic carbocycles. The molecule has 0 bridgehead atoms. The minimum Gasteiger partial charge on any atom is -0.477 e. The Labute approximate surface area is 601 Å². The molecule has 0 aromatic heterocycles. The van der Waals surface area contributed by atoms with E-state index in [9.17, 15) is 75.7 Å². The summed E-state index contributed by atoms with van der Waals surface area (Å²) in [6.07, 6.45) is 29.5. The minimum absolute atomic E-state index is 0.230. The van der Waals surface area contributed by atoms with Gasteiger partial charge in [0.1, 0.15) is 67.1 Å². The number of aliphatic hydroxyl groups is 11. The first-order chi connectivity index (χ1) is 48.4. The van der Waals surface area contributed by atoms with Crippen molar-refractivity contribution in [1.82, 2.24) is 10.6 Å². The molecule has 18 atom stereocenters. The van der Waals surface area contributed by atoms with Gasteiger partial charge in [-0.2, -0.15) is 0 Å². The minimum atomic E-state index is -3.08. The maximum Gasteiger partial charge on any atom is 0.364 e. The topological polar surface area (TPSA) is 373 Å². The Kier molecular flexibility index (Phi) is 52.4. The van der Waals surface area contributed by atoms with Crippen molar-refractivity contribution < 1.29 is 104 Å². The van der Waals surface area contributed by atoms with Crippen LogP contribution in [0.1, 0.15) is 335 Å². The number of carboxylic acid groups (broad SMARTS) is 1. The second kappa shape index (κ2) is 57.0. The van der Waals surface area contributed by atoms with Crippen LogP contribution in [-0.4, -0.2) is 215 Å². The molecule has 3 rings (SSSR count). The van der Waals surface area contributed by atoms with Crippen molar-refractivity contribution in [3.63, 3.8) is 0 Å². The Bertz CT molecular complexity index is 2000. The second-order valence-corrected chi connectivity index (χ2v) is 29.6. The summed E-state index contributed by atoms with van der Waals surface area (Å²) >= 11 is 0. The Morgan fingerprint density at radius 2 is 0.870 bits per heavy atom. The average Bonchev–Trinajstić information content (AvgIpc) is 0.755. The Morgan fingerprint density at radius 1 is 0.480 bits per heavy atom. The van der Waals surface area contributed by atoms with Crippen molar-refractivity contribution in [2.75, 3.05) is 26.4 Å². The van der Waals surface area contributed by atoms with Crippen LogP contribution in [0.15, 0.2) is 0 Å². The third-order valence-corrected chi connectivity index (χ3v) is 20.8. The van der Waals surface area contributed by atoms with E-state index in [1.54, 1.807) is 0 Å². The van der Waals surface area contributed by atoms with Gasteiger partial charge in [0.05, 0.1) is 50.7 Å². The lowest BCUT2D eigenvalue weighted by Crippen LogP contribution is -2.70. The second-order valence-electron chi connectivity index (χ2n) is 29.6. The summed E-state index contributed by atoms with van der Waals surface area (Å²) in [4.78, 5) is 38.7. The summed E-state index contributed by atoms with van der Waals surface area (Å²) in [6.45, 7) is 2.27. The molecular formula is C77H146N2O21. The van der Waals surface area contributed by atoms with Crippen LogP contribution in [0.25, 0.3) is 0 Å². The number of nitrogens with one attached hydrogen (secondary N) is 2. The number of ether oxygens (including phenoxy) is 6. The van der Waals surface area contributed by atoms with Gasteiger partial charge in [0, 0.05) is 19.8 Å². The summed E-state index contributed by atoms with van der Waals surface area (Å²) in [5, 5.41) is 137. The lowest BCUT2D eigenvalue weighted by molar-refractivity contribution is -0.386. The van der Waals surface area contributed by atoms with Gasteiger partial charge in [0.15, 0.2) is 12.6 Å². The fraction of sp³-hybridized carbons (Fsp3) is 0.961. The molecule has 3 fully saturated rings. The van der Waals surface area contributed by atoms with E-state index in [1.165, 1.54) is 238 Å². The van der Waals surface area contributed by atoms with Crippen LogP contribution < -0.4 is 10.6 Å². The van der Waals surface area contributed by atoms with Gasteiger partial charge in [0.25, 0.3) is 5.79 Å².